The van der Waals surface area contributed by atoms with E-state index >= 15 is 0 Å². The Morgan fingerprint density at radius 3 is 2.04 bits per heavy atom. The Labute approximate surface area is 268 Å². The molecule has 0 saturated heterocycles. The van der Waals surface area contributed by atoms with Crippen molar-refractivity contribution in [2.24, 2.45) is 0 Å². The first-order valence-electron chi connectivity index (χ1n) is 15.9. The number of allylic oxidation sites excluding steroid dienone is 14. The molecule has 0 amide bonds. The summed E-state index contributed by atoms with van der Waals surface area (Å²) in [6.07, 6.45) is 24.4. The van der Waals surface area contributed by atoms with Crippen LogP contribution in [0, 0.1) is 0 Å². The van der Waals surface area contributed by atoms with Gasteiger partial charge in [-0.05, 0) is 110 Å². The number of fused-ring (bicyclic) bond motifs is 4. The van der Waals surface area contributed by atoms with Crippen molar-refractivity contribution >= 4 is 27.5 Å². The molecule has 1 atom stereocenters. The molecule has 0 spiro atoms. The molecule has 0 heteroatoms. The van der Waals surface area contributed by atoms with Crippen molar-refractivity contribution in [2.75, 3.05) is 0 Å². The van der Waals surface area contributed by atoms with Gasteiger partial charge in [0.1, 0.15) is 0 Å². The summed E-state index contributed by atoms with van der Waals surface area (Å²) >= 11 is 0. The Balaban J connectivity index is 1.85. The molecule has 0 nitrogen and oxygen atoms in total. The fourth-order valence-corrected chi connectivity index (χ4v) is 7.41. The maximum Gasteiger partial charge on any atom is 0.0136 e. The highest BCUT2D eigenvalue weighted by atomic mass is 14.4. The lowest BCUT2D eigenvalue weighted by atomic mass is 9.74. The Kier molecular flexibility index (Phi) is 8.49. The minimum atomic E-state index is 0.167. The van der Waals surface area contributed by atoms with Crippen molar-refractivity contribution in [3.05, 3.63) is 187 Å². The molecule has 220 valence electrons. The van der Waals surface area contributed by atoms with Crippen LogP contribution in [-0.4, -0.2) is 0 Å². The molecule has 2 aliphatic rings. The molecular formula is C45H40. The van der Waals surface area contributed by atoms with Gasteiger partial charge in [0.25, 0.3) is 0 Å². The van der Waals surface area contributed by atoms with Crippen LogP contribution < -0.4 is 0 Å². The molecule has 2 aliphatic carbocycles. The summed E-state index contributed by atoms with van der Waals surface area (Å²) in [7, 11) is 0. The van der Waals surface area contributed by atoms with Gasteiger partial charge >= 0.3 is 0 Å². The van der Waals surface area contributed by atoms with Gasteiger partial charge in [-0.25, -0.2) is 0 Å². The smallest absolute Gasteiger partial charge is 0.0136 e. The molecule has 0 fully saturated rings. The fraction of sp³-hybridized carbons (Fsp3) is 0.111. The van der Waals surface area contributed by atoms with Gasteiger partial charge in [-0.3, -0.25) is 0 Å². The van der Waals surface area contributed by atoms with E-state index in [-0.39, 0.29) is 5.92 Å². The third-order valence-electron chi connectivity index (χ3n) is 9.09. The second kappa shape index (κ2) is 12.8. The number of rotatable bonds is 9. The van der Waals surface area contributed by atoms with E-state index in [1.807, 2.05) is 18.2 Å². The molecule has 0 radical (unpaired) electrons. The topological polar surface area (TPSA) is 0 Å². The summed E-state index contributed by atoms with van der Waals surface area (Å²) in [4.78, 5) is 0. The first kappa shape index (κ1) is 29.9. The van der Waals surface area contributed by atoms with Gasteiger partial charge in [0, 0.05) is 5.92 Å². The van der Waals surface area contributed by atoms with Gasteiger partial charge in [-0.15, -0.1) is 0 Å². The van der Waals surface area contributed by atoms with Crippen LogP contribution in [0.15, 0.2) is 159 Å². The quantitative estimate of drug-likeness (QED) is 0.152. The van der Waals surface area contributed by atoms with Gasteiger partial charge in [-0.1, -0.05) is 153 Å². The minimum absolute atomic E-state index is 0.167. The van der Waals surface area contributed by atoms with Crippen molar-refractivity contribution in [3.63, 3.8) is 0 Å². The van der Waals surface area contributed by atoms with Crippen molar-refractivity contribution in [2.45, 2.75) is 33.1 Å². The summed E-state index contributed by atoms with van der Waals surface area (Å²) in [5.74, 6) is 0.167. The monoisotopic (exact) mass is 580 g/mol. The molecular weight excluding hydrogens is 540 g/mol. The van der Waals surface area contributed by atoms with Gasteiger partial charge < -0.3 is 0 Å². The summed E-state index contributed by atoms with van der Waals surface area (Å²) in [6.45, 7) is 18.7. The summed E-state index contributed by atoms with van der Waals surface area (Å²) in [5.41, 5.74) is 16.6. The third kappa shape index (κ3) is 4.88. The van der Waals surface area contributed by atoms with Crippen LogP contribution in [0.25, 0.3) is 49.7 Å². The number of hydrogen-bond donors (Lipinski definition) is 0. The van der Waals surface area contributed by atoms with E-state index in [0.717, 1.165) is 6.42 Å². The van der Waals surface area contributed by atoms with Crippen LogP contribution in [0.1, 0.15) is 60.9 Å². The lowest BCUT2D eigenvalue weighted by Gasteiger charge is -2.29. The zero-order valence-electron chi connectivity index (χ0n) is 26.6. The molecule has 0 saturated carbocycles. The second-order valence-electron chi connectivity index (χ2n) is 11.5. The van der Waals surface area contributed by atoms with E-state index in [1.54, 1.807) is 0 Å². The van der Waals surface area contributed by atoms with E-state index in [9.17, 15) is 0 Å². The maximum atomic E-state index is 4.23. The molecule has 4 aromatic carbocycles. The molecule has 0 aliphatic heterocycles. The van der Waals surface area contributed by atoms with E-state index in [0.29, 0.717) is 0 Å². The van der Waals surface area contributed by atoms with Gasteiger partial charge in [0.2, 0.25) is 0 Å². The van der Waals surface area contributed by atoms with Crippen LogP contribution in [0.3, 0.4) is 0 Å². The molecule has 0 heterocycles. The van der Waals surface area contributed by atoms with Gasteiger partial charge in [0.05, 0.1) is 0 Å². The average Bonchev–Trinajstić information content (AvgIpc) is 3.40. The van der Waals surface area contributed by atoms with Crippen molar-refractivity contribution in [3.8, 4) is 22.3 Å². The van der Waals surface area contributed by atoms with Crippen molar-refractivity contribution in [1.29, 1.82) is 0 Å². The fourth-order valence-electron chi connectivity index (χ4n) is 7.41. The van der Waals surface area contributed by atoms with E-state index in [4.69, 9.17) is 0 Å². The lowest BCUT2D eigenvalue weighted by molar-refractivity contribution is 0.814. The first-order valence-corrected chi connectivity index (χ1v) is 15.9. The summed E-state index contributed by atoms with van der Waals surface area (Å²) < 4.78 is 0. The highest BCUT2D eigenvalue weighted by Crippen LogP contribution is 2.59. The van der Waals surface area contributed by atoms with E-state index in [1.165, 1.54) is 83.1 Å². The molecule has 0 aromatic heterocycles. The predicted molar refractivity (Wildman–Crippen MR) is 199 cm³/mol. The number of hydrogen-bond acceptors (Lipinski definition) is 0. The Hall–Kier alpha value is -5.20. The van der Waals surface area contributed by atoms with Crippen LogP contribution >= 0.6 is 0 Å². The lowest BCUT2D eigenvalue weighted by Crippen LogP contribution is -2.11. The Bertz CT molecular complexity index is 2030. The highest BCUT2D eigenvalue weighted by molar-refractivity contribution is 6.20. The summed E-state index contributed by atoms with van der Waals surface area (Å²) in [6, 6.07) is 24.5. The van der Waals surface area contributed by atoms with Crippen LogP contribution in [0.5, 0.6) is 0 Å². The van der Waals surface area contributed by atoms with E-state index in [2.05, 4.69) is 156 Å². The van der Waals surface area contributed by atoms with E-state index < -0.39 is 0 Å². The molecule has 45 heavy (non-hydrogen) atoms. The van der Waals surface area contributed by atoms with Crippen LogP contribution in [0.4, 0.5) is 0 Å². The zero-order valence-corrected chi connectivity index (χ0v) is 26.6. The first-order chi connectivity index (χ1) is 22.1. The Morgan fingerprint density at radius 1 is 0.689 bits per heavy atom. The SMILES string of the molecule is C=C/C=C(\C=C/C)c1c2c(c(-c3ccccc3)c3ccccc13)-c1ccc(C(/C=C\C)=C/C)c3c1C2=CCC3/C(C=C)=C/C=C. The normalized spacial score (nSPS) is 16.2. The molecule has 0 N–H and O–H groups in total. The standard InChI is InChI=1S/C45H40/c1-7-18-30(11-5)34-26-28-38-43-39(29-27-35(42(34)43)31(12-6)19-8-2)45-41(33-22-14-13-15-23-33)37-25-17-16-24-36(37)40(44(38)45)32(20-9-3)21-10-4/h7-25,27-29,34H,1,3,5,26H2,2,4,6H3/b19-8-,21-10-,30-18+,31-12+,32-20+. The zero-order chi connectivity index (χ0) is 31.5. The van der Waals surface area contributed by atoms with Crippen LogP contribution in [0.2, 0.25) is 0 Å². The third-order valence-corrected chi connectivity index (χ3v) is 9.09. The second-order valence-corrected chi connectivity index (χ2v) is 11.5. The van der Waals surface area contributed by atoms with Gasteiger partial charge in [-0.2, -0.15) is 0 Å². The van der Waals surface area contributed by atoms with Crippen LogP contribution in [-0.2, 0) is 0 Å². The van der Waals surface area contributed by atoms with Gasteiger partial charge in [0.15, 0.2) is 0 Å². The molecule has 0 bridgehead atoms. The maximum absolute atomic E-state index is 4.23. The van der Waals surface area contributed by atoms with Crippen molar-refractivity contribution in [1.82, 2.24) is 0 Å². The number of benzene rings is 4. The largest absolute Gasteiger partial charge is 0.0991 e. The summed E-state index contributed by atoms with van der Waals surface area (Å²) in [5, 5.41) is 2.51. The highest BCUT2D eigenvalue weighted by Gasteiger charge is 2.38. The molecule has 6 rings (SSSR count). The minimum Gasteiger partial charge on any atom is -0.0991 e. The Morgan fingerprint density at radius 2 is 1.38 bits per heavy atom. The average molecular weight is 581 g/mol. The van der Waals surface area contributed by atoms with Crippen molar-refractivity contribution < 1.29 is 0 Å². The molecule has 4 aromatic rings. The molecule has 1 unspecified atom stereocenters. The predicted octanol–water partition coefficient (Wildman–Crippen LogP) is 12.8.